The maximum Gasteiger partial charge on any atom is 0.223 e. The molecule has 116 valence electrons. The van der Waals surface area contributed by atoms with E-state index in [0.29, 0.717) is 11.5 Å². The van der Waals surface area contributed by atoms with Crippen LogP contribution in [0.3, 0.4) is 0 Å². The van der Waals surface area contributed by atoms with E-state index in [4.69, 9.17) is 0 Å². The van der Waals surface area contributed by atoms with E-state index in [1.165, 1.54) is 4.80 Å². The summed E-state index contributed by atoms with van der Waals surface area (Å²) >= 11 is 0. The molecule has 0 atom stereocenters. The molecular weight excluding hydrogens is 302 g/mol. The van der Waals surface area contributed by atoms with Crippen molar-refractivity contribution in [3.8, 4) is 17.2 Å². The van der Waals surface area contributed by atoms with Gasteiger partial charge >= 0.3 is 0 Å². The summed E-state index contributed by atoms with van der Waals surface area (Å²) in [6.07, 6.45) is 5.20. The number of pyridine rings is 2. The van der Waals surface area contributed by atoms with Crippen LogP contribution < -0.4 is 5.32 Å². The highest BCUT2D eigenvalue weighted by atomic mass is 15.6. The van der Waals surface area contributed by atoms with Crippen molar-refractivity contribution in [1.29, 1.82) is 0 Å². The summed E-state index contributed by atoms with van der Waals surface area (Å²) in [6.45, 7) is 0. The Morgan fingerprint density at radius 3 is 2.67 bits per heavy atom. The molecule has 0 aliphatic rings. The van der Waals surface area contributed by atoms with Crippen molar-refractivity contribution in [2.75, 3.05) is 5.32 Å². The Kier molecular flexibility index (Phi) is 3.65. The van der Waals surface area contributed by atoms with Crippen molar-refractivity contribution in [1.82, 2.24) is 30.2 Å². The second kappa shape index (κ2) is 6.25. The molecule has 1 N–H and O–H groups in total. The highest BCUT2D eigenvalue weighted by Crippen LogP contribution is 2.18. The number of tetrazole rings is 1. The fraction of sp³-hybridized carbons (Fsp3) is 0. The van der Waals surface area contributed by atoms with Crippen LogP contribution in [0.25, 0.3) is 17.2 Å². The standard InChI is InChI=1S/C17H13N7/c1-2-10-19-16(8-1)17-21-23-24(22-17)15-7-3-5-13(11-15)20-14-6-4-9-18-12-14/h1-12,20H. The molecule has 7 nitrogen and oxygen atoms in total. The average molecular weight is 315 g/mol. The van der Waals surface area contributed by atoms with Gasteiger partial charge in [-0.15, -0.1) is 15.0 Å². The highest BCUT2D eigenvalue weighted by Gasteiger charge is 2.08. The molecule has 0 bridgehead atoms. The fourth-order valence-electron chi connectivity index (χ4n) is 2.23. The van der Waals surface area contributed by atoms with Gasteiger partial charge in [0.15, 0.2) is 0 Å². The van der Waals surface area contributed by atoms with E-state index in [1.54, 1.807) is 18.6 Å². The molecule has 0 spiro atoms. The van der Waals surface area contributed by atoms with E-state index >= 15 is 0 Å². The molecule has 3 aromatic heterocycles. The lowest BCUT2D eigenvalue weighted by molar-refractivity contribution is 0.720. The van der Waals surface area contributed by atoms with Crippen molar-refractivity contribution in [3.05, 3.63) is 73.2 Å². The van der Waals surface area contributed by atoms with E-state index in [9.17, 15) is 0 Å². The summed E-state index contributed by atoms with van der Waals surface area (Å²) in [5, 5.41) is 15.9. The molecule has 24 heavy (non-hydrogen) atoms. The Labute approximate surface area is 138 Å². The number of hydrogen-bond donors (Lipinski definition) is 1. The minimum absolute atomic E-state index is 0.487. The number of nitrogens with one attached hydrogen (secondary N) is 1. The van der Waals surface area contributed by atoms with Gasteiger partial charge in [-0.05, 0) is 47.7 Å². The fourth-order valence-corrected chi connectivity index (χ4v) is 2.23. The van der Waals surface area contributed by atoms with Crippen molar-refractivity contribution < 1.29 is 0 Å². The Bertz CT molecular complexity index is 935. The van der Waals surface area contributed by atoms with Gasteiger partial charge in [-0.1, -0.05) is 12.1 Å². The SMILES string of the molecule is c1ccc(-c2nnn(-c3cccc(Nc4cccnc4)c3)n2)nc1. The summed E-state index contributed by atoms with van der Waals surface area (Å²) in [6, 6.07) is 17.2. The molecule has 0 radical (unpaired) electrons. The number of rotatable bonds is 4. The van der Waals surface area contributed by atoms with Crippen LogP contribution in [0.4, 0.5) is 11.4 Å². The van der Waals surface area contributed by atoms with Crippen LogP contribution in [0, 0.1) is 0 Å². The molecule has 4 rings (SSSR count). The van der Waals surface area contributed by atoms with E-state index in [-0.39, 0.29) is 0 Å². The highest BCUT2D eigenvalue weighted by molar-refractivity contribution is 5.61. The van der Waals surface area contributed by atoms with Crippen LogP contribution in [0.15, 0.2) is 73.2 Å². The summed E-state index contributed by atoms with van der Waals surface area (Å²) < 4.78 is 0. The minimum Gasteiger partial charge on any atom is -0.354 e. The van der Waals surface area contributed by atoms with E-state index in [0.717, 1.165) is 17.1 Å². The zero-order valence-electron chi connectivity index (χ0n) is 12.6. The molecule has 0 aliphatic heterocycles. The van der Waals surface area contributed by atoms with Crippen LogP contribution in [0.5, 0.6) is 0 Å². The molecule has 7 heteroatoms. The Morgan fingerprint density at radius 1 is 0.875 bits per heavy atom. The lowest BCUT2D eigenvalue weighted by Crippen LogP contribution is -2.00. The molecule has 0 fully saturated rings. The third-order valence-corrected chi connectivity index (χ3v) is 3.33. The molecule has 0 saturated carbocycles. The predicted molar refractivity (Wildman–Crippen MR) is 89.9 cm³/mol. The van der Waals surface area contributed by atoms with Crippen LogP contribution >= 0.6 is 0 Å². The van der Waals surface area contributed by atoms with Gasteiger partial charge in [-0.25, -0.2) is 0 Å². The molecule has 0 saturated heterocycles. The Hall–Kier alpha value is -3.61. The molecule has 0 amide bonds. The summed E-state index contributed by atoms with van der Waals surface area (Å²) in [4.78, 5) is 9.81. The summed E-state index contributed by atoms with van der Waals surface area (Å²) in [5.41, 5.74) is 3.32. The van der Waals surface area contributed by atoms with Crippen LogP contribution in [-0.2, 0) is 0 Å². The quantitative estimate of drug-likeness (QED) is 0.623. The van der Waals surface area contributed by atoms with E-state index in [2.05, 4.69) is 30.7 Å². The first-order valence-electron chi connectivity index (χ1n) is 7.37. The number of benzene rings is 1. The largest absolute Gasteiger partial charge is 0.354 e. The van der Waals surface area contributed by atoms with Crippen LogP contribution in [0.2, 0.25) is 0 Å². The molecule has 4 aromatic rings. The number of anilines is 2. The van der Waals surface area contributed by atoms with E-state index in [1.807, 2.05) is 54.6 Å². The van der Waals surface area contributed by atoms with Crippen LogP contribution in [-0.4, -0.2) is 30.2 Å². The van der Waals surface area contributed by atoms with Gasteiger partial charge in [0.1, 0.15) is 5.69 Å². The van der Waals surface area contributed by atoms with Crippen molar-refractivity contribution >= 4 is 11.4 Å². The zero-order valence-corrected chi connectivity index (χ0v) is 12.6. The zero-order chi connectivity index (χ0) is 16.2. The predicted octanol–water partition coefficient (Wildman–Crippen LogP) is 2.86. The summed E-state index contributed by atoms with van der Waals surface area (Å²) in [7, 11) is 0. The van der Waals surface area contributed by atoms with Crippen molar-refractivity contribution in [2.45, 2.75) is 0 Å². The van der Waals surface area contributed by atoms with Crippen LogP contribution in [0.1, 0.15) is 0 Å². The third-order valence-electron chi connectivity index (χ3n) is 3.33. The lowest BCUT2D eigenvalue weighted by atomic mass is 10.2. The monoisotopic (exact) mass is 315 g/mol. The first-order valence-corrected chi connectivity index (χ1v) is 7.37. The third kappa shape index (κ3) is 2.95. The van der Waals surface area contributed by atoms with Gasteiger partial charge in [-0.2, -0.15) is 0 Å². The second-order valence-electron chi connectivity index (χ2n) is 5.03. The molecule has 3 heterocycles. The van der Waals surface area contributed by atoms with Gasteiger partial charge in [0.2, 0.25) is 5.82 Å². The number of hydrogen-bond acceptors (Lipinski definition) is 6. The minimum atomic E-state index is 0.487. The van der Waals surface area contributed by atoms with Gasteiger partial charge in [0.05, 0.1) is 17.6 Å². The van der Waals surface area contributed by atoms with Gasteiger partial charge in [-0.3, -0.25) is 9.97 Å². The molecular formula is C17H13N7. The normalized spacial score (nSPS) is 10.5. The molecule has 1 aromatic carbocycles. The Morgan fingerprint density at radius 2 is 1.83 bits per heavy atom. The molecule has 0 aliphatic carbocycles. The first-order chi connectivity index (χ1) is 11.9. The van der Waals surface area contributed by atoms with Crippen molar-refractivity contribution in [2.24, 2.45) is 0 Å². The maximum atomic E-state index is 4.39. The summed E-state index contributed by atoms with van der Waals surface area (Å²) in [5.74, 6) is 0.487. The Balaban J connectivity index is 1.61. The number of aromatic nitrogens is 6. The van der Waals surface area contributed by atoms with Gasteiger partial charge in [0.25, 0.3) is 0 Å². The average Bonchev–Trinajstić information content (AvgIpc) is 3.14. The number of nitrogens with zero attached hydrogens (tertiary/aromatic N) is 6. The second-order valence-corrected chi connectivity index (χ2v) is 5.03. The smallest absolute Gasteiger partial charge is 0.223 e. The maximum absolute atomic E-state index is 4.39. The topological polar surface area (TPSA) is 81.4 Å². The molecule has 0 unspecified atom stereocenters. The van der Waals surface area contributed by atoms with E-state index < -0.39 is 0 Å². The lowest BCUT2D eigenvalue weighted by Gasteiger charge is -2.07. The van der Waals surface area contributed by atoms with Gasteiger partial charge in [0, 0.05) is 18.1 Å². The first kappa shape index (κ1) is 14.0. The van der Waals surface area contributed by atoms with Gasteiger partial charge < -0.3 is 5.32 Å². The van der Waals surface area contributed by atoms with Crippen molar-refractivity contribution in [3.63, 3.8) is 0 Å².